The molecule has 0 spiro atoms. The highest BCUT2D eigenvalue weighted by Gasteiger charge is 2.15. The van der Waals surface area contributed by atoms with Crippen molar-refractivity contribution in [3.05, 3.63) is 82.0 Å². The molecule has 0 aliphatic heterocycles. The molecule has 0 atom stereocenters. The molecule has 0 fully saturated rings. The minimum atomic E-state index is -0.695. The van der Waals surface area contributed by atoms with Crippen LogP contribution in [0.3, 0.4) is 0 Å². The first kappa shape index (κ1) is 19.6. The van der Waals surface area contributed by atoms with E-state index in [1.54, 1.807) is 30.3 Å². The summed E-state index contributed by atoms with van der Waals surface area (Å²) in [5.41, 5.74) is 7.10. The largest absolute Gasteiger partial charge is 0.365 e. The van der Waals surface area contributed by atoms with Crippen LogP contribution in [0.25, 0.3) is 11.3 Å². The number of hydrogen-bond donors (Lipinski definition) is 2. The number of aromatic nitrogens is 1. The van der Waals surface area contributed by atoms with E-state index in [0.717, 1.165) is 6.07 Å². The number of primary amides is 1. The first-order valence-corrected chi connectivity index (χ1v) is 8.92. The summed E-state index contributed by atoms with van der Waals surface area (Å²) in [6.07, 6.45) is 1.45. The van der Waals surface area contributed by atoms with Gasteiger partial charge in [0.1, 0.15) is 11.6 Å². The number of carbonyl (C=O) groups excluding carboxylic acids is 2. The van der Waals surface area contributed by atoms with Crippen molar-refractivity contribution in [1.29, 1.82) is 0 Å². The van der Waals surface area contributed by atoms with Crippen LogP contribution in [0.2, 0.25) is 0 Å². The van der Waals surface area contributed by atoms with Crippen LogP contribution in [0.1, 0.15) is 15.9 Å². The molecule has 142 valence electrons. The van der Waals surface area contributed by atoms with Gasteiger partial charge in [-0.25, -0.2) is 8.78 Å². The molecule has 0 aliphatic rings. The van der Waals surface area contributed by atoms with Crippen molar-refractivity contribution in [2.45, 2.75) is 6.42 Å². The maximum Gasteiger partial charge on any atom is 0.251 e. The quantitative estimate of drug-likeness (QED) is 0.620. The van der Waals surface area contributed by atoms with Gasteiger partial charge < -0.3 is 11.1 Å². The molecule has 0 radical (unpaired) electrons. The fourth-order valence-corrected chi connectivity index (χ4v) is 3.22. The predicted octanol–water partition coefficient (Wildman–Crippen LogP) is 4.07. The van der Waals surface area contributed by atoms with E-state index in [1.807, 2.05) is 0 Å². The zero-order valence-corrected chi connectivity index (χ0v) is 16.0. The molecule has 3 rings (SSSR count). The molecule has 2 amide bonds. The van der Waals surface area contributed by atoms with Crippen molar-refractivity contribution in [2.75, 3.05) is 5.32 Å². The van der Waals surface area contributed by atoms with E-state index in [2.05, 4.69) is 26.2 Å². The maximum absolute atomic E-state index is 13.3. The normalized spacial score (nSPS) is 10.5. The molecule has 0 unspecified atom stereocenters. The van der Waals surface area contributed by atoms with Crippen LogP contribution in [-0.2, 0) is 11.2 Å². The van der Waals surface area contributed by atoms with Gasteiger partial charge in [0.05, 0.1) is 23.4 Å². The van der Waals surface area contributed by atoms with Crippen molar-refractivity contribution in [3.8, 4) is 11.3 Å². The molecule has 3 aromatic rings. The number of hydrogen-bond acceptors (Lipinski definition) is 3. The summed E-state index contributed by atoms with van der Waals surface area (Å²) in [6, 6.07) is 11.2. The Hall–Kier alpha value is -3.13. The standard InChI is InChI=1S/C20H14BrF2N3O2/c21-15-2-1-3-17(19(15)20(24)28)26-18(27)6-11-4-5-16(25-10-11)12-7-13(22)9-14(23)8-12/h1-5,7-10H,6H2,(H2,24,28)(H,26,27). The number of nitrogens with one attached hydrogen (secondary N) is 1. The molecule has 0 saturated carbocycles. The third-order valence-corrected chi connectivity index (χ3v) is 4.54. The molecule has 3 N–H and O–H groups in total. The highest BCUT2D eigenvalue weighted by molar-refractivity contribution is 9.10. The number of halogens is 3. The van der Waals surface area contributed by atoms with Gasteiger partial charge in [-0.1, -0.05) is 12.1 Å². The van der Waals surface area contributed by atoms with Gasteiger partial charge in [-0.05, 0) is 51.8 Å². The van der Waals surface area contributed by atoms with Crippen molar-refractivity contribution in [1.82, 2.24) is 4.98 Å². The lowest BCUT2D eigenvalue weighted by molar-refractivity contribution is -0.115. The van der Waals surface area contributed by atoms with E-state index >= 15 is 0 Å². The maximum atomic E-state index is 13.3. The molecule has 2 aromatic carbocycles. The predicted molar refractivity (Wildman–Crippen MR) is 105 cm³/mol. The van der Waals surface area contributed by atoms with Crippen LogP contribution >= 0.6 is 15.9 Å². The highest BCUT2D eigenvalue weighted by Crippen LogP contribution is 2.25. The Morgan fingerprint density at radius 1 is 1.07 bits per heavy atom. The molecule has 1 aromatic heterocycles. The second kappa shape index (κ2) is 8.26. The Morgan fingerprint density at radius 3 is 2.39 bits per heavy atom. The zero-order chi connectivity index (χ0) is 20.3. The average Bonchev–Trinajstić information content (AvgIpc) is 2.61. The Bertz CT molecular complexity index is 1040. The van der Waals surface area contributed by atoms with Crippen LogP contribution < -0.4 is 11.1 Å². The smallest absolute Gasteiger partial charge is 0.251 e. The van der Waals surface area contributed by atoms with Crippen molar-refractivity contribution in [3.63, 3.8) is 0 Å². The number of rotatable bonds is 5. The molecular formula is C20H14BrF2N3O2. The van der Waals surface area contributed by atoms with Gasteiger partial charge in [0.25, 0.3) is 5.91 Å². The second-order valence-corrected chi connectivity index (χ2v) is 6.82. The van der Waals surface area contributed by atoms with Crippen molar-refractivity contribution >= 4 is 33.4 Å². The van der Waals surface area contributed by atoms with Gasteiger partial charge in [-0.3, -0.25) is 14.6 Å². The molecule has 5 nitrogen and oxygen atoms in total. The van der Waals surface area contributed by atoms with Crippen LogP contribution in [0.4, 0.5) is 14.5 Å². The van der Waals surface area contributed by atoms with Crippen LogP contribution in [-0.4, -0.2) is 16.8 Å². The number of benzene rings is 2. The second-order valence-electron chi connectivity index (χ2n) is 5.96. The van der Waals surface area contributed by atoms with Gasteiger partial charge in [0, 0.05) is 22.3 Å². The Kier molecular flexibility index (Phi) is 5.79. The fraction of sp³-hybridized carbons (Fsp3) is 0.0500. The third-order valence-electron chi connectivity index (χ3n) is 3.88. The first-order valence-electron chi connectivity index (χ1n) is 8.13. The summed E-state index contributed by atoms with van der Waals surface area (Å²) >= 11 is 3.23. The zero-order valence-electron chi connectivity index (χ0n) is 14.4. The highest BCUT2D eigenvalue weighted by atomic mass is 79.9. The molecular weight excluding hydrogens is 432 g/mol. The van der Waals surface area contributed by atoms with Crippen LogP contribution in [0.15, 0.2) is 59.2 Å². The number of nitrogens with two attached hydrogens (primary N) is 1. The van der Waals surface area contributed by atoms with E-state index in [9.17, 15) is 18.4 Å². The average molecular weight is 446 g/mol. The van der Waals surface area contributed by atoms with E-state index in [0.29, 0.717) is 27.0 Å². The fourth-order valence-electron chi connectivity index (χ4n) is 2.66. The van der Waals surface area contributed by atoms with Crippen molar-refractivity contribution < 1.29 is 18.4 Å². The monoisotopic (exact) mass is 445 g/mol. The van der Waals surface area contributed by atoms with Crippen LogP contribution in [0, 0.1) is 11.6 Å². The number of anilines is 1. The first-order chi connectivity index (χ1) is 13.3. The van der Waals surface area contributed by atoms with Crippen molar-refractivity contribution in [2.24, 2.45) is 5.73 Å². The van der Waals surface area contributed by atoms with Gasteiger partial charge >= 0.3 is 0 Å². The lowest BCUT2D eigenvalue weighted by atomic mass is 10.1. The van der Waals surface area contributed by atoms with Gasteiger partial charge in [0.2, 0.25) is 5.91 Å². The molecule has 0 saturated heterocycles. The molecule has 1 heterocycles. The number of nitrogens with zero attached hydrogens (tertiary/aromatic N) is 1. The molecule has 0 bridgehead atoms. The van der Waals surface area contributed by atoms with Gasteiger partial charge in [-0.15, -0.1) is 0 Å². The number of amides is 2. The summed E-state index contributed by atoms with van der Waals surface area (Å²) < 4.78 is 27.1. The number of pyridine rings is 1. The molecule has 0 aliphatic carbocycles. The number of carbonyl (C=O) groups is 2. The Balaban J connectivity index is 1.73. The Labute approximate surface area is 167 Å². The topological polar surface area (TPSA) is 85.1 Å². The summed E-state index contributed by atoms with van der Waals surface area (Å²) in [4.78, 5) is 28.0. The van der Waals surface area contributed by atoms with Crippen LogP contribution in [0.5, 0.6) is 0 Å². The van der Waals surface area contributed by atoms with E-state index < -0.39 is 17.5 Å². The summed E-state index contributed by atoms with van der Waals surface area (Å²) in [6.45, 7) is 0. The lowest BCUT2D eigenvalue weighted by Crippen LogP contribution is -2.20. The Morgan fingerprint density at radius 2 is 1.79 bits per heavy atom. The summed E-state index contributed by atoms with van der Waals surface area (Å²) in [5.74, 6) is -2.43. The van der Waals surface area contributed by atoms with E-state index in [4.69, 9.17) is 5.73 Å². The third kappa shape index (κ3) is 4.58. The molecule has 28 heavy (non-hydrogen) atoms. The van der Waals surface area contributed by atoms with E-state index in [1.165, 1.54) is 18.3 Å². The minimum absolute atomic E-state index is 0.00446. The SMILES string of the molecule is NC(=O)c1c(Br)cccc1NC(=O)Cc1ccc(-c2cc(F)cc(F)c2)nc1. The summed E-state index contributed by atoms with van der Waals surface area (Å²) in [7, 11) is 0. The lowest BCUT2D eigenvalue weighted by Gasteiger charge is -2.10. The summed E-state index contributed by atoms with van der Waals surface area (Å²) in [5, 5.41) is 2.65. The van der Waals surface area contributed by atoms with Gasteiger partial charge in [-0.2, -0.15) is 0 Å². The minimum Gasteiger partial charge on any atom is -0.365 e. The molecule has 8 heteroatoms. The van der Waals surface area contributed by atoms with Gasteiger partial charge in [0.15, 0.2) is 0 Å². The van der Waals surface area contributed by atoms with E-state index in [-0.39, 0.29) is 17.9 Å².